The molecule has 0 bridgehead atoms. The van der Waals surface area contributed by atoms with Crippen molar-refractivity contribution in [2.75, 3.05) is 0 Å². The average molecular weight is 210 g/mol. The number of rotatable bonds is 1. The second-order valence-electron chi connectivity index (χ2n) is 5.44. The first-order chi connectivity index (χ1) is 7.07. The lowest BCUT2D eigenvalue weighted by molar-refractivity contribution is -0.287. The van der Waals surface area contributed by atoms with Gasteiger partial charge in [0.05, 0.1) is 11.7 Å². The normalized spacial score (nSPS) is 40.3. The number of hydrogen-bond donors (Lipinski definition) is 0. The van der Waals surface area contributed by atoms with Crippen LogP contribution in [0.3, 0.4) is 0 Å². The maximum absolute atomic E-state index is 6.03. The molecular weight excluding hydrogens is 188 g/mol. The summed E-state index contributed by atoms with van der Waals surface area (Å²) in [5.74, 6) is 0.553. The molecule has 2 nitrogen and oxygen atoms in total. The first-order valence-electron chi connectivity index (χ1n) is 6.05. The van der Waals surface area contributed by atoms with Crippen molar-refractivity contribution in [3.63, 3.8) is 0 Å². The molecule has 0 radical (unpaired) electrons. The second kappa shape index (κ2) is 4.26. The lowest BCUT2D eigenvalue weighted by Crippen LogP contribution is -2.46. The van der Waals surface area contributed by atoms with Crippen LogP contribution in [-0.4, -0.2) is 18.0 Å². The molecule has 3 atom stereocenters. The Kier molecular flexibility index (Phi) is 3.17. The molecule has 2 aliphatic rings. The SMILES string of the molecule is C[C@@H]1CC(C)(C)O[C@H]([C@H]2CC=CCC2)O1. The van der Waals surface area contributed by atoms with Gasteiger partial charge >= 0.3 is 0 Å². The van der Waals surface area contributed by atoms with Gasteiger partial charge in [0, 0.05) is 12.3 Å². The molecule has 0 spiro atoms. The van der Waals surface area contributed by atoms with Gasteiger partial charge in [0.25, 0.3) is 0 Å². The zero-order chi connectivity index (χ0) is 10.9. The predicted molar refractivity (Wildman–Crippen MR) is 60.6 cm³/mol. The van der Waals surface area contributed by atoms with Crippen LogP contribution in [0.1, 0.15) is 46.5 Å². The van der Waals surface area contributed by atoms with E-state index in [1.165, 1.54) is 12.8 Å². The molecule has 0 aromatic heterocycles. The Morgan fingerprint density at radius 2 is 2.07 bits per heavy atom. The Hall–Kier alpha value is -0.340. The van der Waals surface area contributed by atoms with E-state index in [1.54, 1.807) is 0 Å². The first-order valence-corrected chi connectivity index (χ1v) is 6.05. The van der Waals surface area contributed by atoms with Crippen LogP contribution in [0.5, 0.6) is 0 Å². The van der Waals surface area contributed by atoms with Crippen LogP contribution in [0.15, 0.2) is 12.2 Å². The summed E-state index contributed by atoms with van der Waals surface area (Å²) >= 11 is 0. The fourth-order valence-corrected chi connectivity index (χ4v) is 2.63. The molecule has 1 saturated heterocycles. The van der Waals surface area contributed by atoms with Crippen molar-refractivity contribution in [1.82, 2.24) is 0 Å². The third kappa shape index (κ3) is 2.82. The van der Waals surface area contributed by atoms with Crippen LogP contribution >= 0.6 is 0 Å². The minimum atomic E-state index is -0.0243. The molecule has 0 unspecified atom stereocenters. The molecular formula is C13H22O2. The van der Waals surface area contributed by atoms with E-state index in [9.17, 15) is 0 Å². The monoisotopic (exact) mass is 210 g/mol. The molecule has 1 heterocycles. The smallest absolute Gasteiger partial charge is 0.161 e. The van der Waals surface area contributed by atoms with Gasteiger partial charge in [-0.1, -0.05) is 12.2 Å². The van der Waals surface area contributed by atoms with Crippen molar-refractivity contribution in [1.29, 1.82) is 0 Å². The van der Waals surface area contributed by atoms with E-state index in [1.807, 2.05) is 0 Å². The topological polar surface area (TPSA) is 18.5 Å². The van der Waals surface area contributed by atoms with E-state index in [0.717, 1.165) is 12.8 Å². The quantitative estimate of drug-likeness (QED) is 0.618. The maximum Gasteiger partial charge on any atom is 0.161 e. The fourth-order valence-electron chi connectivity index (χ4n) is 2.63. The van der Waals surface area contributed by atoms with Gasteiger partial charge in [0.1, 0.15) is 0 Å². The summed E-state index contributed by atoms with van der Waals surface area (Å²) in [5.41, 5.74) is -0.0243. The average Bonchev–Trinajstić information content (AvgIpc) is 2.16. The van der Waals surface area contributed by atoms with Crippen molar-refractivity contribution < 1.29 is 9.47 Å². The summed E-state index contributed by atoms with van der Waals surface area (Å²) in [6.07, 6.45) is 9.31. The summed E-state index contributed by atoms with van der Waals surface area (Å²) in [6, 6.07) is 0. The predicted octanol–water partition coefficient (Wildman–Crippen LogP) is 3.27. The Balaban J connectivity index is 1.99. The number of ether oxygens (including phenoxy) is 2. The molecule has 0 aromatic rings. The lowest BCUT2D eigenvalue weighted by atomic mass is 9.91. The number of allylic oxidation sites excluding steroid dienone is 2. The Bertz CT molecular complexity index is 245. The molecule has 0 amide bonds. The summed E-state index contributed by atoms with van der Waals surface area (Å²) in [5, 5.41) is 0. The molecule has 86 valence electrons. The summed E-state index contributed by atoms with van der Waals surface area (Å²) in [4.78, 5) is 0. The van der Waals surface area contributed by atoms with Gasteiger partial charge in [-0.05, 0) is 40.0 Å². The molecule has 1 aliphatic carbocycles. The molecule has 0 N–H and O–H groups in total. The van der Waals surface area contributed by atoms with E-state index in [4.69, 9.17) is 9.47 Å². The molecule has 2 rings (SSSR count). The minimum absolute atomic E-state index is 0.00806. The summed E-state index contributed by atoms with van der Waals surface area (Å²) in [7, 11) is 0. The van der Waals surface area contributed by atoms with E-state index in [-0.39, 0.29) is 11.9 Å². The van der Waals surface area contributed by atoms with Gasteiger partial charge < -0.3 is 9.47 Å². The van der Waals surface area contributed by atoms with Gasteiger partial charge in [-0.25, -0.2) is 0 Å². The van der Waals surface area contributed by atoms with Crippen molar-refractivity contribution in [2.45, 2.75) is 64.4 Å². The minimum Gasteiger partial charge on any atom is -0.349 e. The van der Waals surface area contributed by atoms with E-state index in [0.29, 0.717) is 12.0 Å². The molecule has 0 saturated carbocycles. The lowest BCUT2D eigenvalue weighted by Gasteiger charge is -2.42. The highest BCUT2D eigenvalue weighted by atomic mass is 16.7. The molecule has 15 heavy (non-hydrogen) atoms. The van der Waals surface area contributed by atoms with Gasteiger partial charge in [-0.2, -0.15) is 0 Å². The van der Waals surface area contributed by atoms with Gasteiger partial charge in [0.2, 0.25) is 0 Å². The fraction of sp³-hybridized carbons (Fsp3) is 0.846. The van der Waals surface area contributed by atoms with Gasteiger partial charge in [0.15, 0.2) is 6.29 Å². The highest BCUT2D eigenvalue weighted by molar-refractivity contribution is 4.92. The Morgan fingerprint density at radius 1 is 1.27 bits per heavy atom. The first kappa shape index (κ1) is 11.2. The van der Waals surface area contributed by atoms with Crippen LogP contribution in [0.25, 0.3) is 0 Å². The van der Waals surface area contributed by atoms with E-state index >= 15 is 0 Å². The van der Waals surface area contributed by atoms with Gasteiger partial charge in [-0.15, -0.1) is 0 Å². The van der Waals surface area contributed by atoms with Crippen molar-refractivity contribution in [3.05, 3.63) is 12.2 Å². The van der Waals surface area contributed by atoms with Crippen LogP contribution in [0.2, 0.25) is 0 Å². The third-order valence-electron chi connectivity index (χ3n) is 3.28. The zero-order valence-electron chi connectivity index (χ0n) is 10.0. The molecule has 2 heteroatoms. The summed E-state index contributed by atoms with van der Waals surface area (Å²) in [6.45, 7) is 6.48. The van der Waals surface area contributed by atoms with Crippen LogP contribution in [0.4, 0.5) is 0 Å². The van der Waals surface area contributed by atoms with Crippen molar-refractivity contribution in [2.24, 2.45) is 5.92 Å². The molecule has 1 fully saturated rings. The standard InChI is InChI=1S/C13H22O2/c1-10-9-13(2,3)15-12(14-10)11-7-5-4-6-8-11/h4-5,10-12H,6-9H2,1-3H3/t10-,11+,12-/m1/s1. The number of hydrogen-bond acceptors (Lipinski definition) is 2. The largest absolute Gasteiger partial charge is 0.349 e. The highest BCUT2D eigenvalue weighted by Gasteiger charge is 2.37. The van der Waals surface area contributed by atoms with Crippen LogP contribution < -0.4 is 0 Å². The third-order valence-corrected chi connectivity index (χ3v) is 3.28. The highest BCUT2D eigenvalue weighted by Crippen LogP contribution is 2.34. The van der Waals surface area contributed by atoms with Crippen molar-refractivity contribution in [3.8, 4) is 0 Å². The van der Waals surface area contributed by atoms with E-state index in [2.05, 4.69) is 32.9 Å². The Morgan fingerprint density at radius 3 is 2.67 bits per heavy atom. The van der Waals surface area contributed by atoms with Crippen LogP contribution in [0, 0.1) is 5.92 Å². The molecule has 0 aromatic carbocycles. The zero-order valence-corrected chi connectivity index (χ0v) is 10.0. The maximum atomic E-state index is 6.03. The molecule has 1 aliphatic heterocycles. The Labute approximate surface area is 92.6 Å². The van der Waals surface area contributed by atoms with E-state index < -0.39 is 0 Å². The van der Waals surface area contributed by atoms with Crippen molar-refractivity contribution >= 4 is 0 Å². The summed E-state index contributed by atoms with van der Waals surface area (Å²) < 4.78 is 11.9. The van der Waals surface area contributed by atoms with Crippen LogP contribution in [-0.2, 0) is 9.47 Å². The van der Waals surface area contributed by atoms with Gasteiger partial charge in [-0.3, -0.25) is 0 Å². The second-order valence-corrected chi connectivity index (χ2v) is 5.44.